The molecule has 0 aliphatic carbocycles. The van der Waals surface area contributed by atoms with E-state index in [2.05, 4.69) is 15.8 Å². The fourth-order valence-corrected chi connectivity index (χ4v) is 4.72. The monoisotopic (exact) mass is 443 g/mol. The van der Waals surface area contributed by atoms with Crippen LogP contribution in [-0.4, -0.2) is 25.1 Å². The summed E-state index contributed by atoms with van der Waals surface area (Å²) in [5.74, 6) is -0.766. The maximum atomic E-state index is 12.2. The van der Waals surface area contributed by atoms with Crippen molar-refractivity contribution < 1.29 is 13.2 Å². The number of halogens is 2. The fourth-order valence-electron chi connectivity index (χ4n) is 2.33. The number of fused-ring (bicyclic) bond motifs is 1. The summed E-state index contributed by atoms with van der Waals surface area (Å²) >= 11 is 13.2. The van der Waals surface area contributed by atoms with Crippen LogP contribution in [0.2, 0.25) is 10.0 Å². The number of hydrogen-bond donors (Lipinski definition) is 2. The summed E-state index contributed by atoms with van der Waals surface area (Å²) in [6, 6.07) is 9.48. The van der Waals surface area contributed by atoms with E-state index in [4.69, 9.17) is 23.2 Å². The molecule has 1 aromatic heterocycles. The molecule has 0 saturated carbocycles. The summed E-state index contributed by atoms with van der Waals surface area (Å²) in [5.41, 5.74) is 6.80. The van der Waals surface area contributed by atoms with Crippen molar-refractivity contribution in [2.24, 2.45) is 0 Å². The van der Waals surface area contributed by atoms with E-state index >= 15 is 0 Å². The van der Waals surface area contributed by atoms with Crippen LogP contribution in [0.4, 0.5) is 5.13 Å². The first-order valence-corrected chi connectivity index (χ1v) is 11.1. The second kappa shape index (κ2) is 8.02. The van der Waals surface area contributed by atoms with Crippen LogP contribution >= 0.6 is 34.5 Å². The van der Waals surface area contributed by atoms with Gasteiger partial charge in [0.1, 0.15) is 0 Å². The number of aryl methyl sites for hydroxylation is 1. The quantitative estimate of drug-likeness (QED) is 0.556. The van der Waals surface area contributed by atoms with E-state index in [9.17, 15) is 13.2 Å². The number of benzene rings is 2. The van der Waals surface area contributed by atoms with Crippen LogP contribution in [0.5, 0.6) is 0 Å². The van der Waals surface area contributed by atoms with Crippen molar-refractivity contribution in [1.29, 1.82) is 0 Å². The van der Waals surface area contributed by atoms with E-state index in [-0.39, 0.29) is 17.1 Å². The Balaban J connectivity index is 1.58. The van der Waals surface area contributed by atoms with Crippen molar-refractivity contribution in [3.05, 3.63) is 52.0 Å². The zero-order valence-corrected chi connectivity index (χ0v) is 17.3. The number of carbonyl (C=O) groups is 1. The molecule has 27 heavy (non-hydrogen) atoms. The van der Waals surface area contributed by atoms with Gasteiger partial charge in [0.15, 0.2) is 9.84 Å². The summed E-state index contributed by atoms with van der Waals surface area (Å²) in [7, 11) is -3.56. The van der Waals surface area contributed by atoms with Crippen molar-refractivity contribution in [1.82, 2.24) is 10.4 Å². The second-order valence-electron chi connectivity index (χ2n) is 5.73. The van der Waals surface area contributed by atoms with Gasteiger partial charge in [-0.15, -0.1) is 0 Å². The molecular weight excluding hydrogens is 429 g/mol. The minimum Gasteiger partial charge on any atom is -0.273 e. The van der Waals surface area contributed by atoms with Crippen LogP contribution < -0.4 is 10.9 Å². The Labute approximate surface area is 170 Å². The molecule has 0 aliphatic rings. The molecule has 142 valence electrons. The second-order valence-corrected chi connectivity index (χ2v) is 9.72. The molecule has 0 spiro atoms. The summed E-state index contributed by atoms with van der Waals surface area (Å²) < 4.78 is 25.4. The zero-order chi connectivity index (χ0) is 19.6. The summed E-state index contributed by atoms with van der Waals surface area (Å²) in [6.45, 7) is 1.87. The Morgan fingerprint density at radius 2 is 1.85 bits per heavy atom. The zero-order valence-electron chi connectivity index (χ0n) is 14.1. The number of thiazole rings is 1. The highest BCUT2D eigenvalue weighted by molar-refractivity contribution is 7.91. The van der Waals surface area contributed by atoms with Crippen LogP contribution in [0.25, 0.3) is 10.2 Å². The lowest BCUT2D eigenvalue weighted by molar-refractivity contribution is -0.120. The van der Waals surface area contributed by atoms with Crippen LogP contribution in [-0.2, 0) is 14.6 Å². The molecular formula is C17H15Cl2N3O3S2. The van der Waals surface area contributed by atoms with Gasteiger partial charge in [0.25, 0.3) is 0 Å². The Bertz CT molecular complexity index is 1100. The Kier molecular flexibility index (Phi) is 5.90. The van der Waals surface area contributed by atoms with Crippen LogP contribution in [0.15, 0.2) is 41.3 Å². The molecule has 2 N–H and O–H groups in total. The predicted octanol–water partition coefficient (Wildman–Crippen LogP) is 4.22. The number of nitrogens with zero attached hydrogens (tertiary/aromatic N) is 1. The average molecular weight is 444 g/mol. The highest BCUT2D eigenvalue weighted by atomic mass is 35.5. The lowest BCUT2D eigenvalue weighted by Crippen LogP contribution is -2.30. The van der Waals surface area contributed by atoms with Gasteiger partial charge in [-0.05, 0) is 48.9 Å². The Hall–Kier alpha value is -1.87. The van der Waals surface area contributed by atoms with E-state index in [0.29, 0.717) is 15.2 Å². The molecule has 3 aromatic rings. The fraction of sp³-hybridized carbons (Fsp3) is 0.176. The van der Waals surface area contributed by atoms with Gasteiger partial charge in [-0.3, -0.25) is 15.6 Å². The number of carbonyl (C=O) groups excluding carboxylic acids is 1. The molecule has 1 amide bonds. The minimum absolute atomic E-state index is 0.131. The third-order valence-electron chi connectivity index (χ3n) is 3.83. The maximum absolute atomic E-state index is 12.2. The molecule has 0 atom stereocenters. The summed E-state index contributed by atoms with van der Waals surface area (Å²) in [4.78, 5) is 16.5. The van der Waals surface area contributed by atoms with E-state index in [1.165, 1.54) is 35.6 Å². The lowest BCUT2D eigenvalue weighted by atomic mass is 10.2. The summed E-state index contributed by atoms with van der Waals surface area (Å²) in [5, 5.41) is 1.56. The first-order chi connectivity index (χ1) is 12.8. The topological polar surface area (TPSA) is 88.2 Å². The largest absolute Gasteiger partial charge is 0.273 e. The number of hydrogen-bond acceptors (Lipinski definition) is 6. The summed E-state index contributed by atoms with van der Waals surface area (Å²) in [6.07, 6.45) is -0.187. The molecule has 1 heterocycles. The standard InChI is InChI=1S/C17H15Cl2N3O3S2/c1-10-13(19)6-7-14-16(10)20-17(26-14)22-21-15(23)8-9-27(24,25)12-4-2-11(18)3-5-12/h2-7H,8-9H2,1H3,(H,20,22)(H,21,23). The smallest absolute Gasteiger partial charge is 0.239 e. The van der Waals surface area contributed by atoms with Crippen molar-refractivity contribution in [3.8, 4) is 0 Å². The number of amides is 1. The number of anilines is 1. The molecule has 10 heteroatoms. The molecule has 0 bridgehead atoms. The molecule has 0 unspecified atom stereocenters. The normalized spacial score (nSPS) is 11.5. The first-order valence-electron chi connectivity index (χ1n) is 7.85. The molecule has 0 aliphatic heterocycles. The third-order valence-corrected chi connectivity index (χ3v) is 7.16. The first kappa shape index (κ1) is 19.9. The third kappa shape index (κ3) is 4.70. The number of nitrogens with one attached hydrogen (secondary N) is 2. The Morgan fingerprint density at radius 1 is 1.15 bits per heavy atom. The van der Waals surface area contributed by atoms with E-state index in [1.807, 2.05) is 13.0 Å². The van der Waals surface area contributed by atoms with E-state index < -0.39 is 15.7 Å². The van der Waals surface area contributed by atoms with Gasteiger partial charge in [0.05, 0.1) is 20.9 Å². The highest BCUT2D eigenvalue weighted by Crippen LogP contribution is 2.31. The van der Waals surface area contributed by atoms with Gasteiger partial charge < -0.3 is 0 Å². The van der Waals surface area contributed by atoms with Gasteiger partial charge >= 0.3 is 0 Å². The number of aromatic nitrogens is 1. The van der Waals surface area contributed by atoms with Crippen molar-refractivity contribution in [2.45, 2.75) is 18.2 Å². The van der Waals surface area contributed by atoms with Crippen LogP contribution in [0, 0.1) is 6.92 Å². The van der Waals surface area contributed by atoms with E-state index in [1.54, 1.807) is 6.07 Å². The van der Waals surface area contributed by atoms with Gasteiger partial charge in [0, 0.05) is 16.5 Å². The highest BCUT2D eigenvalue weighted by Gasteiger charge is 2.17. The predicted molar refractivity (Wildman–Crippen MR) is 109 cm³/mol. The maximum Gasteiger partial charge on any atom is 0.239 e. The number of hydrazine groups is 1. The molecule has 6 nitrogen and oxygen atoms in total. The van der Waals surface area contributed by atoms with Crippen LogP contribution in [0.1, 0.15) is 12.0 Å². The lowest BCUT2D eigenvalue weighted by Gasteiger charge is -2.06. The number of sulfone groups is 1. The number of rotatable bonds is 6. The van der Waals surface area contributed by atoms with Gasteiger partial charge in [-0.1, -0.05) is 34.5 Å². The van der Waals surface area contributed by atoms with Gasteiger partial charge in [0.2, 0.25) is 11.0 Å². The van der Waals surface area contributed by atoms with Gasteiger partial charge in [-0.2, -0.15) is 0 Å². The molecule has 0 radical (unpaired) electrons. The average Bonchev–Trinajstić information content (AvgIpc) is 3.06. The van der Waals surface area contributed by atoms with Crippen molar-refractivity contribution in [2.75, 3.05) is 11.2 Å². The molecule has 0 saturated heterocycles. The van der Waals surface area contributed by atoms with Gasteiger partial charge in [-0.25, -0.2) is 13.4 Å². The van der Waals surface area contributed by atoms with Crippen molar-refractivity contribution >= 4 is 65.6 Å². The SMILES string of the molecule is Cc1c(Cl)ccc2sc(NNC(=O)CCS(=O)(=O)c3ccc(Cl)cc3)nc12. The van der Waals surface area contributed by atoms with E-state index in [0.717, 1.165) is 15.8 Å². The van der Waals surface area contributed by atoms with Crippen LogP contribution in [0.3, 0.4) is 0 Å². The minimum atomic E-state index is -3.56. The molecule has 2 aromatic carbocycles. The molecule has 0 fully saturated rings. The van der Waals surface area contributed by atoms with Crippen molar-refractivity contribution in [3.63, 3.8) is 0 Å². The Morgan fingerprint density at radius 3 is 2.56 bits per heavy atom. The molecule has 3 rings (SSSR count).